The van der Waals surface area contributed by atoms with Crippen LogP contribution in [0.4, 0.5) is 4.79 Å². The third-order valence-electron chi connectivity index (χ3n) is 3.69. The van der Waals surface area contributed by atoms with E-state index < -0.39 is 18.2 Å². The Kier molecular flexibility index (Phi) is 4.22. The molecule has 6 heteroatoms. The molecule has 1 aromatic heterocycles. The van der Waals surface area contributed by atoms with Crippen LogP contribution in [0.25, 0.3) is 0 Å². The van der Waals surface area contributed by atoms with E-state index in [1.807, 2.05) is 6.92 Å². The quantitative estimate of drug-likeness (QED) is 0.821. The number of benzene rings is 1. The van der Waals surface area contributed by atoms with E-state index in [-0.39, 0.29) is 22.6 Å². The zero-order chi connectivity index (χ0) is 21.2. The molecule has 25 heavy (non-hydrogen) atoms. The highest BCUT2D eigenvalue weighted by Gasteiger charge is 2.31. The zero-order valence-electron chi connectivity index (χ0n) is 17.6. The lowest BCUT2D eigenvalue weighted by Gasteiger charge is -2.09. The third-order valence-corrected chi connectivity index (χ3v) is 4.67. The average Bonchev–Trinajstić information content (AvgIpc) is 3.00. The van der Waals surface area contributed by atoms with Gasteiger partial charge >= 0.3 is 0 Å². The van der Waals surface area contributed by atoms with E-state index in [1.165, 1.54) is 24.4 Å². The number of pyridine rings is 1. The number of hydrogen-bond donors (Lipinski definition) is 1. The van der Waals surface area contributed by atoms with Crippen molar-refractivity contribution in [1.82, 2.24) is 10.3 Å². The molecule has 2 aromatic rings. The number of nitrogens with zero attached hydrogens (tertiary/aromatic N) is 1. The number of nitrogens with one attached hydrogen (secondary N) is 1. The van der Waals surface area contributed by atoms with Gasteiger partial charge in [-0.3, -0.25) is 19.9 Å². The molecule has 0 radical (unpaired) electrons. The topological polar surface area (TPSA) is 68.3 Å². The van der Waals surface area contributed by atoms with Crippen molar-refractivity contribution < 1.29 is 19.8 Å². The number of imide groups is 1. The number of ether oxygens (including phenoxy) is 1. The molecule has 1 aliphatic rings. The van der Waals surface area contributed by atoms with E-state index in [9.17, 15) is 9.59 Å². The Morgan fingerprint density at radius 1 is 1.20 bits per heavy atom. The summed E-state index contributed by atoms with van der Waals surface area (Å²) >= 11 is 0.939. The number of amides is 2. The van der Waals surface area contributed by atoms with Crippen molar-refractivity contribution in [1.29, 1.82) is 0 Å². The minimum absolute atomic E-state index is 0.0507. The predicted octanol–water partition coefficient (Wildman–Crippen LogP) is 3.16. The number of carbonyl (C=O) groups excluding carboxylic acids is 2. The van der Waals surface area contributed by atoms with Crippen molar-refractivity contribution in [3.63, 3.8) is 0 Å². The predicted molar refractivity (Wildman–Crippen MR) is 97.9 cm³/mol. The van der Waals surface area contributed by atoms with Crippen molar-refractivity contribution in [2.75, 3.05) is 6.56 Å². The molecular weight excluding hydrogens is 336 g/mol. The fourth-order valence-corrected chi connectivity index (χ4v) is 3.14. The first-order valence-corrected chi connectivity index (χ1v) is 8.75. The standard InChI is InChI=1S/C19H20N2O3S/c1-2-13-3-6-15(20-12-13)9-10-24-16-7-4-14(5-8-16)11-17-18(22)21-19(23)25-17/h3-8,12,17H,2,9-11H2,1H3,(H,21,22,23)/i9D2,10D2. The van der Waals surface area contributed by atoms with Crippen molar-refractivity contribution in [2.45, 2.75) is 31.4 Å². The third kappa shape index (κ3) is 4.82. The summed E-state index contributed by atoms with van der Waals surface area (Å²) in [7, 11) is 0. The summed E-state index contributed by atoms with van der Waals surface area (Å²) < 4.78 is 38.0. The smallest absolute Gasteiger partial charge is 0.286 e. The first kappa shape index (κ1) is 12.9. The Labute approximate surface area is 156 Å². The molecular formula is C19H20N2O3S. The Bertz CT molecular complexity index is 905. The number of carbonyl (C=O) groups is 2. The highest BCUT2D eigenvalue weighted by molar-refractivity contribution is 8.15. The molecule has 5 nitrogen and oxygen atoms in total. The van der Waals surface area contributed by atoms with Crippen LogP contribution in [0.15, 0.2) is 42.6 Å². The second-order valence-electron chi connectivity index (χ2n) is 5.47. The van der Waals surface area contributed by atoms with Gasteiger partial charge in [0.1, 0.15) is 5.75 Å². The second-order valence-corrected chi connectivity index (χ2v) is 6.64. The minimum atomic E-state index is -2.66. The second kappa shape index (κ2) is 8.16. The van der Waals surface area contributed by atoms with Crippen LogP contribution < -0.4 is 10.1 Å². The van der Waals surface area contributed by atoms with Gasteiger partial charge in [0.2, 0.25) is 5.91 Å². The SMILES string of the molecule is [2H]C([2H])(Oc1ccc(CC2SC(=O)NC2=O)cc1)C([2H])([2H])c1ccc(CC)cn1. The van der Waals surface area contributed by atoms with Crippen LogP contribution in [0.5, 0.6) is 5.75 Å². The number of aryl methyl sites for hydroxylation is 2. The first-order valence-electron chi connectivity index (χ1n) is 9.87. The fourth-order valence-electron chi connectivity index (χ4n) is 2.28. The van der Waals surface area contributed by atoms with Crippen molar-refractivity contribution >= 4 is 22.9 Å². The van der Waals surface area contributed by atoms with Crippen LogP contribution in [-0.4, -0.2) is 27.9 Å². The van der Waals surface area contributed by atoms with Gasteiger partial charge in [0.15, 0.2) is 0 Å². The van der Waals surface area contributed by atoms with Crippen molar-refractivity contribution in [2.24, 2.45) is 0 Å². The van der Waals surface area contributed by atoms with Gasteiger partial charge in [-0.25, -0.2) is 0 Å². The van der Waals surface area contributed by atoms with Crippen LogP contribution in [-0.2, 0) is 24.0 Å². The lowest BCUT2D eigenvalue weighted by atomic mass is 10.1. The van der Waals surface area contributed by atoms with E-state index >= 15 is 0 Å². The summed E-state index contributed by atoms with van der Waals surface area (Å²) in [6.07, 6.45) is 0.155. The van der Waals surface area contributed by atoms with Gasteiger partial charge in [0, 0.05) is 21.0 Å². The molecule has 0 spiro atoms. The van der Waals surface area contributed by atoms with Gasteiger partial charge in [0.25, 0.3) is 5.24 Å². The van der Waals surface area contributed by atoms with E-state index in [0.717, 1.165) is 29.3 Å². The maximum absolute atomic E-state index is 11.7. The maximum Gasteiger partial charge on any atom is 0.286 e. The summed E-state index contributed by atoms with van der Waals surface area (Å²) in [6.45, 7) is -0.712. The highest BCUT2D eigenvalue weighted by Crippen LogP contribution is 2.23. The summed E-state index contributed by atoms with van der Waals surface area (Å²) in [6, 6.07) is 9.52. The molecule has 1 saturated heterocycles. The molecule has 2 heterocycles. The van der Waals surface area contributed by atoms with Crippen LogP contribution in [0.3, 0.4) is 0 Å². The molecule has 3 rings (SSSR count). The van der Waals surface area contributed by atoms with Gasteiger partial charge in [-0.1, -0.05) is 36.9 Å². The lowest BCUT2D eigenvalue weighted by Crippen LogP contribution is -2.25. The maximum atomic E-state index is 11.7. The molecule has 1 aliphatic heterocycles. The van der Waals surface area contributed by atoms with Gasteiger partial charge in [-0.2, -0.15) is 0 Å². The molecule has 0 saturated carbocycles. The lowest BCUT2D eigenvalue weighted by molar-refractivity contribution is -0.118. The minimum Gasteiger partial charge on any atom is -0.493 e. The molecule has 130 valence electrons. The van der Waals surface area contributed by atoms with E-state index in [4.69, 9.17) is 10.2 Å². The van der Waals surface area contributed by atoms with Crippen LogP contribution in [0, 0.1) is 0 Å². The van der Waals surface area contributed by atoms with Gasteiger partial charge in [-0.05, 0) is 42.2 Å². The molecule has 1 unspecified atom stereocenters. The van der Waals surface area contributed by atoms with Crippen LogP contribution in [0.1, 0.15) is 29.2 Å². The Morgan fingerprint density at radius 2 is 1.96 bits per heavy atom. The molecule has 0 bridgehead atoms. The van der Waals surface area contributed by atoms with Crippen molar-refractivity contribution in [3.05, 3.63) is 59.4 Å². The van der Waals surface area contributed by atoms with Gasteiger partial charge < -0.3 is 4.74 Å². The Balaban J connectivity index is 1.70. The van der Waals surface area contributed by atoms with E-state index in [2.05, 4.69) is 10.3 Å². The van der Waals surface area contributed by atoms with Gasteiger partial charge in [0.05, 0.1) is 14.6 Å². The Hall–Kier alpha value is -2.34. The molecule has 1 fully saturated rings. The summed E-state index contributed by atoms with van der Waals surface area (Å²) in [5, 5.41) is 1.37. The Morgan fingerprint density at radius 3 is 2.56 bits per heavy atom. The van der Waals surface area contributed by atoms with Crippen LogP contribution >= 0.6 is 11.8 Å². The summed E-state index contributed by atoms with van der Waals surface area (Å²) in [4.78, 5) is 26.9. The number of aromatic nitrogens is 1. The van der Waals surface area contributed by atoms with E-state index in [0.29, 0.717) is 6.42 Å². The van der Waals surface area contributed by atoms with Crippen molar-refractivity contribution in [3.8, 4) is 5.75 Å². The zero-order valence-corrected chi connectivity index (χ0v) is 14.4. The van der Waals surface area contributed by atoms with E-state index in [1.54, 1.807) is 18.2 Å². The highest BCUT2D eigenvalue weighted by atomic mass is 32.2. The molecule has 0 aliphatic carbocycles. The molecule has 2 amide bonds. The molecule has 1 N–H and O–H groups in total. The largest absolute Gasteiger partial charge is 0.493 e. The normalized spacial score (nSPS) is 20.3. The first-order chi connectivity index (χ1) is 13.6. The average molecular weight is 360 g/mol. The summed E-state index contributed by atoms with van der Waals surface area (Å²) in [5.74, 6) is -0.182. The number of hydrogen-bond acceptors (Lipinski definition) is 5. The van der Waals surface area contributed by atoms with Gasteiger partial charge in [-0.15, -0.1) is 0 Å². The summed E-state index contributed by atoms with van der Waals surface area (Å²) in [5.41, 5.74) is 1.66. The number of thioether (sulfide) groups is 1. The molecule has 1 atom stereocenters. The van der Waals surface area contributed by atoms with Crippen LogP contribution in [0.2, 0.25) is 0 Å². The number of rotatable bonds is 7. The molecule has 1 aromatic carbocycles. The fraction of sp³-hybridized carbons (Fsp3) is 0.316. The monoisotopic (exact) mass is 360 g/mol.